The van der Waals surface area contributed by atoms with Gasteiger partial charge in [-0.3, -0.25) is 4.79 Å². The van der Waals surface area contributed by atoms with Gasteiger partial charge in [-0.15, -0.1) is 0 Å². The number of carbonyl (C=O) groups excluding carboxylic acids is 1. The number of carbonyl (C=O) groups is 1. The summed E-state index contributed by atoms with van der Waals surface area (Å²) in [5.74, 6) is -0.0150. The molecule has 1 aromatic rings. The summed E-state index contributed by atoms with van der Waals surface area (Å²) in [6.07, 6.45) is 8.71. The molecule has 4 rings (SSSR count). The zero-order chi connectivity index (χ0) is 19.9. The number of rotatable bonds is 4. The van der Waals surface area contributed by atoms with Crippen LogP contribution < -0.4 is 0 Å². The van der Waals surface area contributed by atoms with E-state index in [9.17, 15) is 10.1 Å². The molecule has 0 N–H and O–H groups in total. The van der Waals surface area contributed by atoms with E-state index in [0.29, 0.717) is 24.7 Å². The van der Waals surface area contributed by atoms with E-state index in [1.54, 1.807) is 0 Å². The number of fused-ring (bicyclic) bond motifs is 2. The van der Waals surface area contributed by atoms with Gasteiger partial charge in [-0.05, 0) is 57.2 Å². The molecule has 152 valence electrons. The van der Waals surface area contributed by atoms with Crippen molar-refractivity contribution < 1.29 is 9.53 Å². The molecule has 3 aliphatic heterocycles. The highest BCUT2D eigenvalue weighted by Crippen LogP contribution is 2.38. The van der Waals surface area contributed by atoms with Gasteiger partial charge in [0.15, 0.2) is 6.19 Å². The molecule has 0 spiro atoms. The minimum atomic E-state index is -0.0483. The van der Waals surface area contributed by atoms with E-state index >= 15 is 0 Å². The lowest BCUT2D eigenvalue weighted by molar-refractivity contribution is -0.151. The summed E-state index contributed by atoms with van der Waals surface area (Å²) in [6.45, 7) is 6.32. The molecular weight excluding hydrogens is 350 g/mol. The molecule has 5 heteroatoms. The van der Waals surface area contributed by atoms with E-state index < -0.39 is 0 Å². The van der Waals surface area contributed by atoms with Crippen molar-refractivity contribution in [1.29, 1.82) is 5.26 Å². The van der Waals surface area contributed by atoms with Crippen LogP contribution in [0, 0.1) is 17.4 Å². The van der Waals surface area contributed by atoms with Crippen LogP contribution in [0.15, 0.2) is 30.3 Å². The Balaban J connectivity index is 0.00000109. The maximum Gasteiger partial charge on any atom is 0.309 e. The summed E-state index contributed by atoms with van der Waals surface area (Å²) in [7, 11) is 0. The van der Waals surface area contributed by atoms with Crippen LogP contribution in [0.5, 0.6) is 0 Å². The van der Waals surface area contributed by atoms with Crippen LogP contribution in [0.1, 0.15) is 57.9 Å². The van der Waals surface area contributed by atoms with Crippen molar-refractivity contribution in [3.8, 4) is 6.19 Å². The van der Waals surface area contributed by atoms with Gasteiger partial charge in [-0.2, -0.15) is 5.26 Å². The number of ether oxygens (including phenoxy) is 1. The molecule has 2 bridgehead atoms. The minimum Gasteiger partial charge on any atom is -0.461 e. The smallest absolute Gasteiger partial charge is 0.309 e. The first-order valence-electron chi connectivity index (χ1n) is 10.9. The van der Waals surface area contributed by atoms with Crippen LogP contribution in [0.3, 0.4) is 0 Å². The van der Waals surface area contributed by atoms with Crippen molar-refractivity contribution in [2.45, 2.75) is 77.1 Å². The normalized spacial score (nSPS) is 27.5. The second-order valence-electron chi connectivity index (χ2n) is 7.92. The van der Waals surface area contributed by atoms with Gasteiger partial charge in [0.1, 0.15) is 6.61 Å². The van der Waals surface area contributed by atoms with Crippen molar-refractivity contribution in [3.63, 3.8) is 0 Å². The van der Waals surface area contributed by atoms with E-state index in [-0.39, 0.29) is 11.9 Å². The number of likely N-dealkylation sites (tertiary alicyclic amines) is 1. The quantitative estimate of drug-likeness (QED) is 0.582. The molecule has 1 aromatic carbocycles. The number of benzene rings is 1. The van der Waals surface area contributed by atoms with Gasteiger partial charge in [0.2, 0.25) is 0 Å². The standard InChI is InChI=1S/C21H27N3O2.C2H6/c22-15-24-18-6-7-19(24)13-20(12-18)23-10-8-17(9-11-23)21(25)26-14-16-4-2-1-3-5-16;1-2/h1-5,17-20H,6-14H2;1-2H3/t18-,19?,20?;/m0./s1. The molecule has 3 saturated heterocycles. The van der Waals surface area contributed by atoms with Gasteiger partial charge in [-0.1, -0.05) is 44.2 Å². The Morgan fingerprint density at radius 1 is 1.04 bits per heavy atom. The Morgan fingerprint density at radius 2 is 1.64 bits per heavy atom. The summed E-state index contributed by atoms with van der Waals surface area (Å²) >= 11 is 0. The fourth-order valence-electron chi connectivity index (χ4n) is 4.96. The van der Waals surface area contributed by atoms with Crippen LogP contribution in [-0.4, -0.2) is 47.0 Å². The summed E-state index contributed by atoms with van der Waals surface area (Å²) in [6, 6.07) is 11.3. The molecule has 0 aliphatic carbocycles. The number of hydrogen-bond donors (Lipinski definition) is 0. The number of nitrogens with zero attached hydrogens (tertiary/aromatic N) is 3. The van der Waals surface area contributed by atoms with Gasteiger partial charge < -0.3 is 14.5 Å². The lowest BCUT2D eigenvalue weighted by Gasteiger charge is -2.43. The van der Waals surface area contributed by atoms with E-state index in [0.717, 1.165) is 57.2 Å². The SMILES string of the molecule is CC.N#CN1C2CC[C@H]1CC(N1CCC(C(=O)OCc3ccccc3)CC1)C2. The number of hydrogen-bond acceptors (Lipinski definition) is 5. The zero-order valence-electron chi connectivity index (χ0n) is 17.2. The Bertz CT molecular complexity index is 650. The third-order valence-electron chi connectivity index (χ3n) is 6.43. The second kappa shape index (κ2) is 9.93. The largest absolute Gasteiger partial charge is 0.461 e. The van der Waals surface area contributed by atoms with Crippen molar-refractivity contribution >= 4 is 5.97 Å². The second-order valence-corrected chi connectivity index (χ2v) is 7.92. The van der Waals surface area contributed by atoms with Gasteiger partial charge in [-0.25, -0.2) is 0 Å². The maximum atomic E-state index is 12.4. The minimum absolute atomic E-state index is 0.0332. The summed E-state index contributed by atoms with van der Waals surface area (Å²) in [5.41, 5.74) is 1.04. The topological polar surface area (TPSA) is 56.6 Å². The molecule has 3 heterocycles. The molecule has 28 heavy (non-hydrogen) atoms. The highest BCUT2D eigenvalue weighted by molar-refractivity contribution is 5.72. The third-order valence-corrected chi connectivity index (χ3v) is 6.43. The maximum absolute atomic E-state index is 12.4. The Morgan fingerprint density at radius 3 is 2.21 bits per heavy atom. The van der Waals surface area contributed by atoms with Crippen LogP contribution in [0.4, 0.5) is 0 Å². The molecule has 3 fully saturated rings. The van der Waals surface area contributed by atoms with Crippen molar-refractivity contribution in [2.24, 2.45) is 5.92 Å². The van der Waals surface area contributed by atoms with Crippen molar-refractivity contribution in [1.82, 2.24) is 9.80 Å². The number of nitriles is 1. The first kappa shape index (κ1) is 20.7. The molecule has 2 unspecified atom stereocenters. The molecule has 0 aromatic heterocycles. The van der Waals surface area contributed by atoms with Crippen LogP contribution >= 0.6 is 0 Å². The number of piperidine rings is 2. The van der Waals surface area contributed by atoms with E-state index in [2.05, 4.69) is 11.1 Å². The van der Waals surface area contributed by atoms with Crippen LogP contribution in [0.25, 0.3) is 0 Å². The molecule has 0 saturated carbocycles. The summed E-state index contributed by atoms with van der Waals surface area (Å²) in [5, 5.41) is 9.31. The number of esters is 1. The van der Waals surface area contributed by atoms with Gasteiger partial charge >= 0.3 is 5.97 Å². The average Bonchev–Trinajstić information content (AvgIpc) is 3.01. The van der Waals surface area contributed by atoms with E-state index in [1.807, 2.05) is 49.1 Å². The zero-order valence-corrected chi connectivity index (χ0v) is 17.2. The Kier molecular flexibility index (Phi) is 7.33. The lowest BCUT2D eigenvalue weighted by Crippen LogP contribution is -2.51. The Labute approximate surface area is 169 Å². The van der Waals surface area contributed by atoms with Crippen LogP contribution in [-0.2, 0) is 16.1 Å². The fraction of sp³-hybridized carbons (Fsp3) is 0.652. The lowest BCUT2D eigenvalue weighted by atomic mass is 9.91. The molecule has 3 aliphatic rings. The fourth-order valence-corrected chi connectivity index (χ4v) is 4.96. The third kappa shape index (κ3) is 4.67. The Hall–Kier alpha value is -2.06. The van der Waals surface area contributed by atoms with Gasteiger partial charge in [0.25, 0.3) is 0 Å². The molecule has 0 radical (unpaired) electrons. The monoisotopic (exact) mass is 383 g/mol. The van der Waals surface area contributed by atoms with E-state index in [4.69, 9.17) is 4.74 Å². The average molecular weight is 384 g/mol. The first-order valence-corrected chi connectivity index (χ1v) is 10.9. The predicted octanol–water partition coefficient (Wildman–Crippen LogP) is 3.94. The highest BCUT2D eigenvalue weighted by atomic mass is 16.5. The van der Waals surface area contributed by atoms with Crippen LogP contribution in [0.2, 0.25) is 0 Å². The first-order chi connectivity index (χ1) is 13.7. The van der Waals surface area contributed by atoms with Gasteiger partial charge in [0, 0.05) is 18.1 Å². The molecular formula is C23H33N3O2. The summed E-state index contributed by atoms with van der Waals surface area (Å²) in [4.78, 5) is 17.0. The highest BCUT2D eigenvalue weighted by Gasteiger charge is 2.43. The molecule has 5 nitrogen and oxygen atoms in total. The predicted molar refractivity (Wildman–Crippen MR) is 109 cm³/mol. The van der Waals surface area contributed by atoms with Crippen molar-refractivity contribution in [2.75, 3.05) is 13.1 Å². The van der Waals surface area contributed by atoms with E-state index in [1.165, 1.54) is 0 Å². The molecule has 3 atom stereocenters. The van der Waals surface area contributed by atoms with Gasteiger partial charge in [0.05, 0.1) is 5.92 Å². The summed E-state index contributed by atoms with van der Waals surface area (Å²) < 4.78 is 5.52. The molecule has 0 amide bonds. The van der Waals surface area contributed by atoms with Crippen molar-refractivity contribution in [3.05, 3.63) is 35.9 Å².